The average molecular weight is 545 g/mol. The van der Waals surface area contributed by atoms with E-state index in [0.717, 1.165) is 16.3 Å². The third-order valence-corrected chi connectivity index (χ3v) is 7.20. The highest BCUT2D eigenvalue weighted by Gasteiger charge is 2.37. The van der Waals surface area contributed by atoms with Crippen LogP contribution in [-0.4, -0.2) is 40.2 Å². The first-order chi connectivity index (χ1) is 17.8. The smallest absolute Gasteiger partial charge is 0.410 e. The summed E-state index contributed by atoms with van der Waals surface area (Å²) in [5.41, 5.74) is 1.55. The van der Waals surface area contributed by atoms with E-state index in [1.165, 1.54) is 40.5 Å². The largest absolute Gasteiger partial charge is 0.482 e. The van der Waals surface area contributed by atoms with Gasteiger partial charge in [-0.15, -0.1) is 11.3 Å². The Morgan fingerprint density at radius 3 is 2.73 bits per heavy atom. The van der Waals surface area contributed by atoms with Gasteiger partial charge in [-0.05, 0) is 53.9 Å². The van der Waals surface area contributed by atoms with Crippen LogP contribution in [-0.2, 0) is 22.6 Å². The number of hydrogen-bond donors (Lipinski definition) is 1. The zero-order chi connectivity index (χ0) is 26.1. The molecule has 5 rings (SSSR count). The number of carboxylic acid groups (broad SMARTS) is 1. The summed E-state index contributed by atoms with van der Waals surface area (Å²) in [6.45, 7) is -0.709. The Bertz CT molecular complexity index is 1480. The first kappa shape index (κ1) is 24.9. The van der Waals surface area contributed by atoms with Crippen molar-refractivity contribution in [2.45, 2.75) is 19.1 Å². The van der Waals surface area contributed by atoms with Crippen LogP contribution in [0.2, 0.25) is 5.02 Å². The normalized spacial score (nSPS) is 14.9. The van der Waals surface area contributed by atoms with Crippen molar-refractivity contribution < 1.29 is 33.0 Å². The van der Waals surface area contributed by atoms with Crippen LogP contribution in [0.1, 0.15) is 27.7 Å². The highest BCUT2D eigenvalue weighted by Crippen LogP contribution is 2.42. The molecule has 0 bridgehead atoms. The number of aliphatic carboxylic acids is 1. The van der Waals surface area contributed by atoms with Crippen molar-refractivity contribution in [2.24, 2.45) is 0 Å². The van der Waals surface area contributed by atoms with E-state index in [-0.39, 0.29) is 35.9 Å². The van der Waals surface area contributed by atoms with Gasteiger partial charge < -0.3 is 14.6 Å². The Morgan fingerprint density at radius 2 is 1.95 bits per heavy atom. The first-order valence-electron chi connectivity index (χ1n) is 11.2. The summed E-state index contributed by atoms with van der Waals surface area (Å²) in [4.78, 5) is 30.3. The second-order valence-electron chi connectivity index (χ2n) is 8.27. The quantitative estimate of drug-likeness (QED) is 0.321. The number of hydrogen-bond acceptors (Lipinski definition) is 6. The van der Waals surface area contributed by atoms with Crippen LogP contribution in [0.3, 0.4) is 0 Å². The molecule has 37 heavy (non-hydrogen) atoms. The molecule has 1 aliphatic rings. The molecule has 1 amide bonds. The summed E-state index contributed by atoms with van der Waals surface area (Å²) < 4.78 is 40.8. The minimum Gasteiger partial charge on any atom is -0.482 e. The number of carboxylic acids is 1. The molecule has 1 unspecified atom stereocenters. The van der Waals surface area contributed by atoms with Crippen LogP contribution < -0.4 is 4.74 Å². The van der Waals surface area contributed by atoms with Gasteiger partial charge in [0.2, 0.25) is 0 Å². The van der Waals surface area contributed by atoms with Crippen molar-refractivity contribution in [1.29, 1.82) is 0 Å². The van der Waals surface area contributed by atoms with Crippen LogP contribution in [0.15, 0.2) is 54.6 Å². The summed E-state index contributed by atoms with van der Waals surface area (Å²) >= 11 is 7.64. The minimum atomic E-state index is -1.20. The number of ether oxygens (including phenoxy) is 2. The number of benzene rings is 3. The highest BCUT2D eigenvalue weighted by atomic mass is 35.5. The lowest BCUT2D eigenvalue weighted by atomic mass is 9.87. The van der Waals surface area contributed by atoms with Crippen molar-refractivity contribution in [3.05, 3.63) is 93.0 Å². The number of carbonyl (C=O) groups excluding carboxylic acids is 1. The molecule has 0 saturated heterocycles. The number of halogens is 3. The minimum absolute atomic E-state index is 0.0155. The molecule has 0 aliphatic carbocycles. The highest BCUT2D eigenvalue weighted by molar-refractivity contribution is 7.18. The van der Waals surface area contributed by atoms with Gasteiger partial charge in [0.25, 0.3) is 0 Å². The van der Waals surface area contributed by atoms with Gasteiger partial charge in [0, 0.05) is 17.1 Å². The number of nitrogens with zero attached hydrogens (tertiary/aromatic N) is 2. The Labute approximate surface area is 218 Å². The molecule has 1 N–H and O–H groups in total. The Hall–Kier alpha value is -3.76. The van der Waals surface area contributed by atoms with Crippen molar-refractivity contribution in [2.75, 3.05) is 13.2 Å². The number of amides is 1. The van der Waals surface area contributed by atoms with E-state index in [0.29, 0.717) is 16.1 Å². The SMILES string of the molecule is O=C(O)COc1ccc(Cl)cc1C1c2ccc(F)c(F)c2CCN1C(=O)OCc1nc2ccccc2s1. The van der Waals surface area contributed by atoms with Crippen LogP contribution in [0.25, 0.3) is 10.2 Å². The summed E-state index contributed by atoms with van der Waals surface area (Å²) in [5, 5.41) is 9.98. The molecule has 1 aromatic heterocycles. The second-order valence-corrected chi connectivity index (χ2v) is 9.82. The monoisotopic (exact) mass is 544 g/mol. The van der Waals surface area contributed by atoms with Crippen molar-refractivity contribution >= 4 is 45.2 Å². The lowest BCUT2D eigenvalue weighted by Gasteiger charge is -2.37. The molecule has 3 aromatic carbocycles. The predicted molar refractivity (Wildman–Crippen MR) is 133 cm³/mol. The van der Waals surface area contributed by atoms with Gasteiger partial charge in [0.05, 0.1) is 16.3 Å². The van der Waals surface area contributed by atoms with Gasteiger partial charge >= 0.3 is 12.1 Å². The average Bonchev–Trinajstić information content (AvgIpc) is 3.31. The maximum absolute atomic E-state index is 14.8. The standard InChI is InChI=1S/C26H19ClF2N2O5S/c27-14-5-8-20(35-13-23(32)33)17(11-14)25-16-6-7-18(28)24(29)15(16)9-10-31(25)26(34)36-12-22-30-19-3-1-2-4-21(19)37-22/h1-8,11,25H,9-10,12-13H2,(H,32,33). The van der Waals surface area contributed by atoms with Crippen LogP contribution in [0.5, 0.6) is 5.75 Å². The summed E-state index contributed by atoms with van der Waals surface area (Å²) in [6, 6.07) is 13.4. The van der Waals surface area contributed by atoms with E-state index >= 15 is 0 Å². The molecule has 0 fully saturated rings. The van der Waals surface area contributed by atoms with E-state index in [2.05, 4.69) is 4.98 Å². The van der Waals surface area contributed by atoms with Crippen LogP contribution in [0, 0.1) is 11.6 Å². The summed E-state index contributed by atoms with van der Waals surface area (Å²) in [5.74, 6) is -3.07. The molecular weight excluding hydrogens is 526 g/mol. The molecule has 0 saturated carbocycles. The van der Waals surface area contributed by atoms with E-state index in [4.69, 9.17) is 26.2 Å². The maximum atomic E-state index is 14.8. The first-order valence-corrected chi connectivity index (χ1v) is 12.4. The van der Waals surface area contributed by atoms with Gasteiger partial charge in [-0.1, -0.05) is 29.8 Å². The van der Waals surface area contributed by atoms with Crippen LogP contribution >= 0.6 is 22.9 Å². The zero-order valence-corrected chi connectivity index (χ0v) is 20.7. The predicted octanol–water partition coefficient (Wildman–Crippen LogP) is 5.98. The van der Waals surface area contributed by atoms with Crippen LogP contribution in [0.4, 0.5) is 13.6 Å². The number of para-hydroxylation sites is 1. The number of fused-ring (bicyclic) bond motifs is 2. The van der Waals surface area contributed by atoms with Crippen molar-refractivity contribution in [3.63, 3.8) is 0 Å². The van der Waals surface area contributed by atoms with E-state index in [9.17, 15) is 18.4 Å². The molecule has 1 atom stereocenters. The van der Waals surface area contributed by atoms with Crippen molar-refractivity contribution in [3.8, 4) is 5.75 Å². The number of carbonyl (C=O) groups is 2. The molecule has 7 nitrogen and oxygen atoms in total. The molecule has 0 spiro atoms. The summed E-state index contributed by atoms with van der Waals surface area (Å²) in [6.07, 6.45) is -0.652. The second kappa shape index (κ2) is 10.3. The lowest BCUT2D eigenvalue weighted by Crippen LogP contribution is -2.41. The van der Waals surface area contributed by atoms with Gasteiger partial charge in [-0.3, -0.25) is 4.90 Å². The molecule has 1 aliphatic heterocycles. The third-order valence-electron chi connectivity index (χ3n) is 5.95. The number of aromatic nitrogens is 1. The molecular formula is C26H19ClF2N2O5S. The molecule has 11 heteroatoms. The molecule has 2 heterocycles. The fourth-order valence-corrected chi connectivity index (χ4v) is 5.43. The van der Waals surface area contributed by atoms with Gasteiger partial charge in [-0.25, -0.2) is 23.4 Å². The zero-order valence-electron chi connectivity index (χ0n) is 19.1. The maximum Gasteiger partial charge on any atom is 0.410 e. The topological polar surface area (TPSA) is 89.0 Å². The van der Waals surface area contributed by atoms with E-state index < -0.39 is 36.3 Å². The Morgan fingerprint density at radius 1 is 1.14 bits per heavy atom. The fourth-order valence-electron chi connectivity index (χ4n) is 4.37. The van der Waals surface area contributed by atoms with E-state index in [1.54, 1.807) is 0 Å². The van der Waals surface area contributed by atoms with Gasteiger partial charge in [0.1, 0.15) is 17.4 Å². The van der Waals surface area contributed by atoms with Crippen molar-refractivity contribution in [1.82, 2.24) is 9.88 Å². The van der Waals surface area contributed by atoms with Gasteiger partial charge in [-0.2, -0.15) is 0 Å². The molecule has 0 radical (unpaired) electrons. The van der Waals surface area contributed by atoms with Gasteiger partial charge in [0.15, 0.2) is 18.2 Å². The fraction of sp³-hybridized carbons (Fsp3) is 0.192. The number of thiazole rings is 1. The lowest BCUT2D eigenvalue weighted by molar-refractivity contribution is -0.139. The molecule has 190 valence electrons. The third kappa shape index (κ3) is 5.07. The Kier molecular flexibility index (Phi) is 6.94. The Balaban J connectivity index is 1.51. The van der Waals surface area contributed by atoms with E-state index in [1.807, 2.05) is 24.3 Å². The number of rotatable bonds is 6. The summed E-state index contributed by atoms with van der Waals surface area (Å²) in [7, 11) is 0. The molecule has 4 aromatic rings.